The molecule has 0 heterocycles. The van der Waals surface area contributed by atoms with E-state index in [0.717, 1.165) is 32.1 Å². The molecule has 0 amide bonds. The number of aliphatic hydroxyl groups excluding tert-OH is 2. The molecule has 0 aromatic heterocycles. The zero-order valence-corrected chi connectivity index (χ0v) is 9.84. The standard InChI is InChI=1S/C13H22O2/c1-10-6-12(8-14)4-3-5-13(12,9-15)7-11(10)2/h14-15H,3-9H2,1-2H3. The third-order valence-corrected chi connectivity index (χ3v) is 4.98. The summed E-state index contributed by atoms with van der Waals surface area (Å²) in [7, 11) is 0. The maximum atomic E-state index is 9.72. The van der Waals surface area contributed by atoms with Gasteiger partial charge in [0.1, 0.15) is 0 Å². The van der Waals surface area contributed by atoms with Gasteiger partial charge in [-0.15, -0.1) is 0 Å². The normalized spacial score (nSPS) is 40.8. The van der Waals surface area contributed by atoms with E-state index in [0.29, 0.717) is 0 Å². The molecule has 2 heteroatoms. The van der Waals surface area contributed by atoms with Gasteiger partial charge in [-0.25, -0.2) is 0 Å². The Morgan fingerprint density at radius 3 is 1.67 bits per heavy atom. The van der Waals surface area contributed by atoms with Gasteiger partial charge in [-0.1, -0.05) is 17.6 Å². The predicted octanol–water partition coefficient (Wildman–Crippen LogP) is 2.26. The molecule has 1 saturated carbocycles. The van der Waals surface area contributed by atoms with Crippen molar-refractivity contribution in [1.29, 1.82) is 0 Å². The van der Waals surface area contributed by atoms with Crippen LogP contribution in [0.3, 0.4) is 0 Å². The second-order valence-corrected chi connectivity index (χ2v) is 5.64. The zero-order chi connectivity index (χ0) is 11.1. The van der Waals surface area contributed by atoms with Crippen molar-refractivity contribution >= 4 is 0 Å². The Kier molecular flexibility index (Phi) is 2.68. The van der Waals surface area contributed by atoms with Crippen molar-refractivity contribution in [3.05, 3.63) is 11.1 Å². The molecular formula is C13H22O2. The van der Waals surface area contributed by atoms with Crippen LogP contribution < -0.4 is 0 Å². The molecule has 15 heavy (non-hydrogen) atoms. The molecule has 0 saturated heterocycles. The van der Waals surface area contributed by atoms with Crippen LogP contribution in [0.5, 0.6) is 0 Å². The van der Waals surface area contributed by atoms with Gasteiger partial charge in [0.15, 0.2) is 0 Å². The van der Waals surface area contributed by atoms with E-state index >= 15 is 0 Å². The highest BCUT2D eigenvalue weighted by Gasteiger charge is 2.55. The quantitative estimate of drug-likeness (QED) is 0.686. The summed E-state index contributed by atoms with van der Waals surface area (Å²) in [4.78, 5) is 0. The fraction of sp³-hybridized carbons (Fsp3) is 0.846. The molecule has 2 atom stereocenters. The Labute approximate surface area is 92.0 Å². The number of fused-ring (bicyclic) bond motifs is 1. The van der Waals surface area contributed by atoms with Crippen molar-refractivity contribution in [3.8, 4) is 0 Å². The number of allylic oxidation sites excluding steroid dienone is 2. The summed E-state index contributed by atoms with van der Waals surface area (Å²) in [6, 6.07) is 0. The van der Waals surface area contributed by atoms with Crippen molar-refractivity contribution in [2.24, 2.45) is 10.8 Å². The summed E-state index contributed by atoms with van der Waals surface area (Å²) in [5, 5.41) is 19.4. The topological polar surface area (TPSA) is 40.5 Å². The van der Waals surface area contributed by atoms with Gasteiger partial charge in [0.2, 0.25) is 0 Å². The fourth-order valence-corrected chi connectivity index (χ4v) is 3.77. The molecular weight excluding hydrogens is 188 g/mol. The molecule has 0 aromatic carbocycles. The largest absolute Gasteiger partial charge is 0.396 e. The van der Waals surface area contributed by atoms with Gasteiger partial charge in [0.05, 0.1) is 0 Å². The van der Waals surface area contributed by atoms with Crippen LogP contribution in [-0.4, -0.2) is 23.4 Å². The van der Waals surface area contributed by atoms with Crippen LogP contribution >= 0.6 is 0 Å². The van der Waals surface area contributed by atoms with E-state index in [-0.39, 0.29) is 24.0 Å². The van der Waals surface area contributed by atoms with Gasteiger partial charge >= 0.3 is 0 Å². The lowest BCUT2D eigenvalue weighted by Gasteiger charge is -2.48. The summed E-state index contributed by atoms with van der Waals surface area (Å²) < 4.78 is 0. The molecule has 2 aliphatic rings. The molecule has 0 radical (unpaired) electrons. The van der Waals surface area contributed by atoms with Crippen LogP contribution in [0.15, 0.2) is 11.1 Å². The Balaban J connectivity index is 2.41. The summed E-state index contributed by atoms with van der Waals surface area (Å²) in [5.74, 6) is 0. The first-order valence-corrected chi connectivity index (χ1v) is 5.96. The Bertz CT molecular complexity index is 267. The lowest BCUT2D eigenvalue weighted by molar-refractivity contribution is -0.0388. The highest BCUT2D eigenvalue weighted by atomic mass is 16.3. The molecule has 2 unspecified atom stereocenters. The second-order valence-electron chi connectivity index (χ2n) is 5.64. The first-order valence-electron chi connectivity index (χ1n) is 5.96. The molecule has 2 nitrogen and oxygen atoms in total. The van der Waals surface area contributed by atoms with Crippen molar-refractivity contribution in [2.45, 2.75) is 46.0 Å². The lowest BCUT2D eigenvalue weighted by atomic mass is 9.57. The Hall–Kier alpha value is -0.340. The SMILES string of the molecule is CC1=C(C)CC2(CO)CCCC2(CO)C1. The van der Waals surface area contributed by atoms with Gasteiger partial charge in [-0.3, -0.25) is 0 Å². The number of rotatable bonds is 2. The summed E-state index contributed by atoms with van der Waals surface area (Å²) >= 11 is 0. The number of hydrogen-bond acceptors (Lipinski definition) is 2. The summed E-state index contributed by atoms with van der Waals surface area (Å²) in [6.07, 6.45) is 5.27. The minimum atomic E-state index is -0.0225. The first kappa shape index (κ1) is 11.2. The Morgan fingerprint density at radius 1 is 0.933 bits per heavy atom. The maximum Gasteiger partial charge on any atom is 0.0496 e. The number of hydrogen-bond donors (Lipinski definition) is 2. The second kappa shape index (κ2) is 3.60. The molecule has 86 valence electrons. The minimum Gasteiger partial charge on any atom is -0.396 e. The third-order valence-electron chi connectivity index (χ3n) is 4.98. The van der Waals surface area contributed by atoms with E-state index in [1.807, 2.05) is 0 Å². The maximum absolute atomic E-state index is 9.72. The van der Waals surface area contributed by atoms with E-state index in [9.17, 15) is 10.2 Å². The first-order chi connectivity index (χ1) is 7.09. The molecule has 0 aliphatic heterocycles. The van der Waals surface area contributed by atoms with Crippen LogP contribution in [-0.2, 0) is 0 Å². The van der Waals surface area contributed by atoms with Gasteiger partial charge in [-0.05, 0) is 39.5 Å². The smallest absolute Gasteiger partial charge is 0.0496 e. The third kappa shape index (κ3) is 1.38. The molecule has 2 aliphatic carbocycles. The Morgan fingerprint density at radius 2 is 1.33 bits per heavy atom. The van der Waals surface area contributed by atoms with E-state index in [1.165, 1.54) is 11.1 Å². The van der Waals surface area contributed by atoms with Crippen LogP contribution in [0.1, 0.15) is 46.0 Å². The van der Waals surface area contributed by atoms with Crippen molar-refractivity contribution in [1.82, 2.24) is 0 Å². The van der Waals surface area contributed by atoms with E-state index in [4.69, 9.17) is 0 Å². The molecule has 2 rings (SSSR count). The van der Waals surface area contributed by atoms with Crippen LogP contribution in [0.25, 0.3) is 0 Å². The summed E-state index contributed by atoms with van der Waals surface area (Å²) in [5.41, 5.74) is 2.81. The predicted molar refractivity (Wildman–Crippen MR) is 60.5 cm³/mol. The van der Waals surface area contributed by atoms with Gasteiger partial charge in [-0.2, -0.15) is 0 Å². The zero-order valence-electron chi connectivity index (χ0n) is 9.84. The average Bonchev–Trinajstić information content (AvgIpc) is 2.59. The van der Waals surface area contributed by atoms with Gasteiger partial charge < -0.3 is 10.2 Å². The van der Waals surface area contributed by atoms with E-state index in [1.54, 1.807) is 0 Å². The minimum absolute atomic E-state index is 0.0225. The number of aliphatic hydroxyl groups is 2. The molecule has 0 spiro atoms. The van der Waals surface area contributed by atoms with Crippen molar-refractivity contribution < 1.29 is 10.2 Å². The fourth-order valence-electron chi connectivity index (χ4n) is 3.77. The average molecular weight is 210 g/mol. The monoisotopic (exact) mass is 210 g/mol. The molecule has 0 aromatic rings. The van der Waals surface area contributed by atoms with Crippen LogP contribution in [0.4, 0.5) is 0 Å². The summed E-state index contributed by atoms with van der Waals surface area (Å²) in [6.45, 7) is 4.81. The molecule has 2 N–H and O–H groups in total. The lowest BCUT2D eigenvalue weighted by Crippen LogP contribution is -2.46. The van der Waals surface area contributed by atoms with Gasteiger partial charge in [0.25, 0.3) is 0 Å². The van der Waals surface area contributed by atoms with E-state index in [2.05, 4.69) is 13.8 Å². The molecule has 0 bridgehead atoms. The highest BCUT2D eigenvalue weighted by molar-refractivity contribution is 5.24. The van der Waals surface area contributed by atoms with Gasteiger partial charge in [0, 0.05) is 24.0 Å². The van der Waals surface area contributed by atoms with Crippen LogP contribution in [0, 0.1) is 10.8 Å². The van der Waals surface area contributed by atoms with E-state index < -0.39 is 0 Å². The van der Waals surface area contributed by atoms with Crippen molar-refractivity contribution in [2.75, 3.05) is 13.2 Å². The van der Waals surface area contributed by atoms with Crippen molar-refractivity contribution in [3.63, 3.8) is 0 Å². The van der Waals surface area contributed by atoms with Crippen LogP contribution in [0.2, 0.25) is 0 Å². The highest BCUT2D eigenvalue weighted by Crippen LogP contribution is 2.61. The molecule has 1 fully saturated rings.